The SMILES string of the molecule is C/C=C/CCc1ccc(F)cc1.CC. The van der Waals surface area contributed by atoms with Gasteiger partial charge in [-0.25, -0.2) is 4.39 Å². The number of benzene rings is 1. The molecular formula is C13H19F. The molecule has 0 amide bonds. The Morgan fingerprint density at radius 2 is 1.71 bits per heavy atom. The van der Waals surface area contributed by atoms with Crippen molar-refractivity contribution in [1.29, 1.82) is 0 Å². The van der Waals surface area contributed by atoms with Crippen LogP contribution in [0.2, 0.25) is 0 Å². The Hall–Kier alpha value is -1.11. The van der Waals surface area contributed by atoms with Crippen molar-refractivity contribution in [3.05, 3.63) is 47.8 Å². The van der Waals surface area contributed by atoms with Crippen molar-refractivity contribution >= 4 is 0 Å². The van der Waals surface area contributed by atoms with Gasteiger partial charge in [-0.3, -0.25) is 0 Å². The van der Waals surface area contributed by atoms with E-state index in [1.165, 1.54) is 17.7 Å². The third kappa shape index (κ3) is 5.52. The lowest BCUT2D eigenvalue weighted by Gasteiger charge is -1.96. The van der Waals surface area contributed by atoms with E-state index in [0.717, 1.165) is 12.8 Å². The minimum absolute atomic E-state index is 0.162. The molecule has 0 unspecified atom stereocenters. The van der Waals surface area contributed by atoms with Crippen molar-refractivity contribution in [1.82, 2.24) is 0 Å². The molecular weight excluding hydrogens is 175 g/mol. The number of halogens is 1. The van der Waals surface area contributed by atoms with Crippen LogP contribution in [0.25, 0.3) is 0 Å². The Morgan fingerprint density at radius 3 is 2.21 bits per heavy atom. The summed E-state index contributed by atoms with van der Waals surface area (Å²) in [7, 11) is 0. The van der Waals surface area contributed by atoms with Crippen LogP contribution in [-0.2, 0) is 6.42 Å². The van der Waals surface area contributed by atoms with E-state index in [1.54, 1.807) is 0 Å². The Labute approximate surface area is 86.5 Å². The van der Waals surface area contributed by atoms with E-state index < -0.39 is 0 Å². The van der Waals surface area contributed by atoms with Crippen molar-refractivity contribution in [2.75, 3.05) is 0 Å². The normalized spacial score (nSPS) is 9.71. The van der Waals surface area contributed by atoms with Crippen LogP contribution < -0.4 is 0 Å². The number of aryl methyl sites for hydroxylation is 1. The first kappa shape index (κ1) is 12.9. The van der Waals surface area contributed by atoms with Crippen molar-refractivity contribution in [3.63, 3.8) is 0 Å². The fourth-order valence-electron chi connectivity index (χ4n) is 1.07. The average molecular weight is 194 g/mol. The largest absolute Gasteiger partial charge is 0.207 e. The monoisotopic (exact) mass is 194 g/mol. The fraction of sp³-hybridized carbons (Fsp3) is 0.385. The van der Waals surface area contributed by atoms with E-state index in [1.807, 2.05) is 39.0 Å². The predicted molar refractivity (Wildman–Crippen MR) is 60.9 cm³/mol. The number of allylic oxidation sites excluding steroid dienone is 2. The van der Waals surface area contributed by atoms with Gasteiger partial charge < -0.3 is 0 Å². The minimum Gasteiger partial charge on any atom is -0.207 e. The molecule has 0 heterocycles. The Kier molecular flexibility index (Phi) is 7.81. The molecule has 1 rings (SSSR count). The molecule has 1 aromatic rings. The maximum atomic E-state index is 12.5. The highest BCUT2D eigenvalue weighted by Gasteiger charge is 1.91. The van der Waals surface area contributed by atoms with Gasteiger partial charge in [0.05, 0.1) is 0 Å². The van der Waals surface area contributed by atoms with Crippen molar-refractivity contribution in [3.8, 4) is 0 Å². The molecule has 1 heteroatoms. The molecule has 78 valence electrons. The molecule has 0 bridgehead atoms. The molecule has 0 aliphatic rings. The van der Waals surface area contributed by atoms with Crippen LogP contribution in [0.4, 0.5) is 4.39 Å². The smallest absolute Gasteiger partial charge is 0.123 e. The topological polar surface area (TPSA) is 0 Å². The zero-order chi connectivity index (χ0) is 10.8. The van der Waals surface area contributed by atoms with E-state index in [-0.39, 0.29) is 5.82 Å². The molecule has 1 aromatic carbocycles. The molecule has 0 fully saturated rings. The summed E-state index contributed by atoms with van der Waals surface area (Å²) in [6.07, 6.45) is 6.17. The second-order valence-electron chi connectivity index (χ2n) is 2.73. The molecule has 0 spiro atoms. The summed E-state index contributed by atoms with van der Waals surface area (Å²) in [5, 5.41) is 0. The van der Waals surface area contributed by atoms with Gasteiger partial charge in [-0.05, 0) is 37.5 Å². The molecule has 0 aliphatic carbocycles. The molecule has 0 atom stereocenters. The summed E-state index contributed by atoms with van der Waals surface area (Å²) in [5.41, 5.74) is 1.19. The van der Waals surface area contributed by atoms with Gasteiger partial charge in [-0.2, -0.15) is 0 Å². The van der Waals surface area contributed by atoms with Gasteiger partial charge in [-0.1, -0.05) is 38.1 Å². The van der Waals surface area contributed by atoms with Gasteiger partial charge in [0.15, 0.2) is 0 Å². The van der Waals surface area contributed by atoms with Crippen LogP contribution in [-0.4, -0.2) is 0 Å². The van der Waals surface area contributed by atoms with Crippen molar-refractivity contribution in [2.45, 2.75) is 33.6 Å². The first-order valence-electron chi connectivity index (χ1n) is 5.18. The van der Waals surface area contributed by atoms with E-state index in [4.69, 9.17) is 0 Å². The lowest BCUT2D eigenvalue weighted by molar-refractivity contribution is 0.627. The minimum atomic E-state index is -0.162. The van der Waals surface area contributed by atoms with E-state index >= 15 is 0 Å². The zero-order valence-electron chi connectivity index (χ0n) is 9.26. The Bertz CT molecular complexity index is 246. The van der Waals surface area contributed by atoms with E-state index in [0.29, 0.717) is 0 Å². The summed E-state index contributed by atoms with van der Waals surface area (Å²) >= 11 is 0. The second-order valence-corrected chi connectivity index (χ2v) is 2.73. The number of hydrogen-bond donors (Lipinski definition) is 0. The Balaban J connectivity index is 0.000000791. The first-order chi connectivity index (χ1) is 6.83. The van der Waals surface area contributed by atoms with Crippen LogP contribution >= 0.6 is 0 Å². The standard InChI is InChI=1S/C11H13F.C2H6/c1-2-3-4-5-10-6-8-11(12)9-7-10;1-2/h2-3,6-9H,4-5H2,1H3;1-2H3/b3-2+;. The zero-order valence-corrected chi connectivity index (χ0v) is 9.26. The maximum absolute atomic E-state index is 12.5. The van der Waals surface area contributed by atoms with Crippen LogP contribution in [0.15, 0.2) is 36.4 Å². The second kappa shape index (κ2) is 8.49. The highest BCUT2D eigenvalue weighted by molar-refractivity contribution is 5.16. The molecule has 0 N–H and O–H groups in total. The average Bonchev–Trinajstić information content (AvgIpc) is 2.24. The van der Waals surface area contributed by atoms with Crippen LogP contribution in [0.5, 0.6) is 0 Å². The van der Waals surface area contributed by atoms with Crippen molar-refractivity contribution in [2.24, 2.45) is 0 Å². The van der Waals surface area contributed by atoms with Gasteiger partial charge in [-0.15, -0.1) is 0 Å². The third-order valence-corrected chi connectivity index (χ3v) is 1.75. The van der Waals surface area contributed by atoms with Crippen molar-refractivity contribution < 1.29 is 4.39 Å². The van der Waals surface area contributed by atoms with E-state index in [9.17, 15) is 4.39 Å². The molecule has 0 radical (unpaired) electrons. The van der Waals surface area contributed by atoms with Gasteiger partial charge in [0.2, 0.25) is 0 Å². The molecule has 0 saturated carbocycles. The fourth-order valence-corrected chi connectivity index (χ4v) is 1.07. The summed E-state index contributed by atoms with van der Waals surface area (Å²) in [6.45, 7) is 6.00. The van der Waals surface area contributed by atoms with Gasteiger partial charge >= 0.3 is 0 Å². The highest BCUT2D eigenvalue weighted by atomic mass is 19.1. The van der Waals surface area contributed by atoms with Gasteiger partial charge in [0.25, 0.3) is 0 Å². The van der Waals surface area contributed by atoms with Gasteiger partial charge in [0.1, 0.15) is 5.82 Å². The summed E-state index contributed by atoms with van der Waals surface area (Å²) in [4.78, 5) is 0. The molecule has 0 aromatic heterocycles. The first-order valence-corrected chi connectivity index (χ1v) is 5.18. The van der Waals surface area contributed by atoms with Crippen LogP contribution in [0.3, 0.4) is 0 Å². The lowest BCUT2D eigenvalue weighted by Crippen LogP contribution is -1.83. The third-order valence-electron chi connectivity index (χ3n) is 1.75. The van der Waals surface area contributed by atoms with Crippen LogP contribution in [0, 0.1) is 5.82 Å². The maximum Gasteiger partial charge on any atom is 0.123 e. The summed E-state index contributed by atoms with van der Waals surface area (Å²) in [6, 6.07) is 6.67. The Morgan fingerprint density at radius 1 is 1.14 bits per heavy atom. The molecule has 14 heavy (non-hydrogen) atoms. The number of rotatable bonds is 3. The molecule has 0 saturated heterocycles. The lowest BCUT2D eigenvalue weighted by atomic mass is 10.1. The predicted octanol–water partition coefficient (Wildman–Crippen LogP) is 4.36. The van der Waals surface area contributed by atoms with Crippen LogP contribution in [0.1, 0.15) is 32.8 Å². The summed E-state index contributed by atoms with van der Waals surface area (Å²) < 4.78 is 12.5. The van der Waals surface area contributed by atoms with Gasteiger partial charge in [0, 0.05) is 0 Å². The molecule has 0 aliphatic heterocycles. The number of hydrogen-bond acceptors (Lipinski definition) is 0. The quantitative estimate of drug-likeness (QED) is 0.627. The molecule has 0 nitrogen and oxygen atoms in total. The van der Waals surface area contributed by atoms with E-state index in [2.05, 4.69) is 6.08 Å². The summed E-state index contributed by atoms with van der Waals surface area (Å²) in [5.74, 6) is -0.162. The highest BCUT2D eigenvalue weighted by Crippen LogP contribution is 2.05.